The molecule has 0 aromatic rings. The maximum atomic E-state index is 12.5. The molecule has 0 bridgehead atoms. The lowest BCUT2D eigenvalue weighted by Gasteiger charge is -2.39. The molecule has 2 atom stereocenters. The zero-order valence-corrected chi connectivity index (χ0v) is 11.5. The van der Waals surface area contributed by atoms with Crippen LogP contribution in [0.15, 0.2) is 0 Å². The highest BCUT2D eigenvalue weighted by Crippen LogP contribution is 2.28. The molecule has 2 aliphatic heterocycles. The molecule has 0 spiro atoms. The summed E-state index contributed by atoms with van der Waals surface area (Å²) in [7, 11) is 0. The van der Waals surface area contributed by atoms with E-state index in [0.717, 1.165) is 25.7 Å². The molecule has 2 unspecified atom stereocenters. The average molecular weight is 269 g/mol. The Bertz CT molecular complexity index is 338. The number of piperidine rings is 1. The predicted octanol–water partition coefficient (Wildman–Crippen LogP) is 1.51. The average Bonchev–Trinajstić information content (AvgIpc) is 2.46. The van der Waals surface area contributed by atoms with Gasteiger partial charge in [0.1, 0.15) is 6.04 Å². The molecule has 5 nitrogen and oxygen atoms in total. The van der Waals surface area contributed by atoms with Crippen LogP contribution in [0, 0.1) is 11.8 Å². The van der Waals surface area contributed by atoms with Crippen LogP contribution in [-0.4, -0.2) is 47.7 Å². The molecule has 19 heavy (non-hydrogen) atoms. The smallest absolute Gasteiger partial charge is 0.326 e. The number of aliphatic carboxylic acids is 1. The van der Waals surface area contributed by atoms with E-state index >= 15 is 0 Å². The van der Waals surface area contributed by atoms with Gasteiger partial charge in [-0.15, -0.1) is 0 Å². The van der Waals surface area contributed by atoms with E-state index < -0.39 is 12.0 Å². The maximum absolute atomic E-state index is 12.5. The molecule has 2 saturated heterocycles. The number of nitrogens with zero attached hydrogens (tertiary/aromatic N) is 1. The molecule has 0 aromatic heterocycles. The molecule has 0 aliphatic carbocycles. The number of rotatable bonds is 3. The zero-order chi connectivity index (χ0) is 13.8. The van der Waals surface area contributed by atoms with Crippen molar-refractivity contribution in [3.05, 3.63) is 0 Å². The minimum absolute atomic E-state index is 0.0188. The van der Waals surface area contributed by atoms with E-state index in [4.69, 9.17) is 4.74 Å². The molecule has 5 heteroatoms. The third-order valence-corrected chi connectivity index (χ3v) is 4.43. The fourth-order valence-corrected chi connectivity index (χ4v) is 3.09. The highest BCUT2D eigenvalue weighted by molar-refractivity contribution is 5.85. The van der Waals surface area contributed by atoms with Crippen LogP contribution in [0.3, 0.4) is 0 Å². The topological polar surface area (TPSA) is 66.8 Å². The molecule has 1 amide bonds. The van der Waals surface area contributed by atoms with E-state index in [0.29, 0.717) is 32.1 Å². The Morgan fingerprint density at radius 2 is 1.95 bits per heavy atom. The van der Waals surface area contributed by atoms with Gasteiger partial charge in [-0.3, -0.25) is 4.79 Å². The summed E-state index contributed by atoms with van der Waals surface area (Å²) < 4.78 is 5.26. The summed E-state index contributed by atoms with van der Waals surface area (Å²) >= 11 is 0. The summed E-state index contributed by atoms with van der Waals surface area (Å²) in [4.78, 5) is 25.5. The fourth-order valence-electron chi connectivity index (χ4n) is 3.09. The summed E-state index contributed by atoms with van der Waals surface area (Å²) in [6.07, 6.45) is 3.96. The van der Waals surface area contributed by atoms with Crippen molar-refractivity contribution < 1.29 is 19.4 Å². The Morgan fingerprint density at radius 1 is 1.26 bits per heavy atom. The monoisotopic (exact) mass is 269 g/mol. The third kappa shape index (κ3) is 3.26. The first kappa shape index (κ1) is 14.3. The largest absolute Gasteiger partial charge is 0.480 e. The third-order valence-electron chi connectivity index (χ3n) is 4.43. The molecule has 108 valence electrons. The quantitative estimate of drug-likeness (QED) is 0.843. The van der Waals surface area contributed by atoms with Gasteiger partial charge in [0, 0.05) is 25.7 Å². The Balaban J connectivity index is 2.03. The molecule has 2 fully saturated rings. The van der Waals surface area contributed by atoms with Crippen LogP contribution in [-0.2, 0) is 14.3 Å². The second-order valence-electron chi connectivity index (χ2n) is 5.57. The summed E-state index contributed by atoms with van der Waals surface area (Å²) in [5.41, 5.74) is 0. The molecule has 0 aromatic carbocycles. The van der Waals surface area contributed by atoms with Crippen molar-refractivity contribution in [3.8, 4) is 0 Å². The number of ether oxygens (including phenoxy) is 1. The van der Waals surface area contributed by atoms with E-state index in [2.05, 4.69) is 6.92 Å². The first-order valence-corrected chi connectivity index (χ1v) is 7.24. The Kier molecular flexibility index (Phi) is 4.80. The van der Waals surface area contributed by atoms with Gasteiger partial charge in [0.25, 0.3) is 0 Å². The minimum Gasteiger partial charge on any atom is -0.480 e. The molecule has 1 N–H and O–H groups in total. The van der Waals surface area contributed by atoms with Gasteiger partial charge in [-0.25, -0.2) is 4.79 Å². The standard InChI is InChI=1S/C14H23NO4/c1-2-10-3-6-15(12(9-10)14(17)18)13(16)11-4-7-19-8-5-11/h10-12H,2-9H2,1H3,(H,17,18). The number of carbonyl (C=O) groups excluding carboxylic acids is 1. The van der Waals surface area contributed by atoms with Crippen LogP contribution in [0.2, 0.25) is 0 Å². The number of carbonyl (C=O) groups is 2. The minimum atomic E-state index is -0.862. The van der Waals surface area contributed by atoms with E-state index in [1.807, 2.05) is 0 Å². The van der Waals surface area contributed by atoms with Crippen molar-refractivity contribution in [2.45, 2.75) is 45.1 Å². The number of amides is 1. The molecule has 2 rings (SSSR count). The molecule has 2 aliphatic rings. The maximum Gasteiger partial charge on any atom is 0.326 e. The Labute approximate surface area is 113 Å². The lowest BCUT2D eigenvalue weighted by atomic mass is 9.87. The van der Waals surface area contributed by atoms with E-state index in [1.54, 1.807) is 4.90 Å². The van der Waals surface area contributed by atoms with Gasteiger partial charge in [-0.1, -0.05) is 13.3 Å². The van der Waals surface area contributed by atoms with Crippen molar-refractivity contribution in [1.82, 2.24) is 4.90 Å². The van der Waals surface area contributed by atoms with Crippen molar-refractivity contribution in [2.24, 2.45) is 11.8 Å². The van der Waals surface area contributed by atoms with Crippen molar-refractivity contribution >= 4 is 11.9 Å². The number of likely N-dealkylation sites (tertiary alicyclic amines) is 1. The molecule has 2 heterocycles. The van der Waals surface area contributed by atoms with Gasteiger partial charge >= 0.3 is 5.97 Å². The van der Waals surface area contributed by atoms with Crippen LogP contribution < -0.4 is 0 Å². The number of hydrogen-bond acceptors (Lipinski definition) is 3. The number of carboxylic acids is 1. The van der Waals surface area contributed by atoms with E-state index in [-0.39, 0.29) is 11.8 Å². The summed E-state index contributed by atoms with van der Waals surface area (Å²) in [5.74, 6) is -0.461. The molecule has 0 radical (unpaired) electrons. The van der Waals surface area contributed by atoms with Crippen molar-refractivity contribution in [1.29, 1.82) is 0 Å². The van der Waals surface area contributed by atoms with Gasteiger partial charge in [0.2, 0.25) is 5.91 Å². The van der Waals surface area contributed by atoms with Crippen LogP contribution in [0.1, 0.15) is 39.0 Å². The van der Waals surface area contributed by atoms with Gasteiger partial charge < -0.3 is 14.7 Å². The first-order chi connectivity index (χ1) is 9.13. The van der Waals surface area contributed by atoms with Gasteiger partial charge in [-0.05, 0) is 31.6 Å². The Morgan fingerprint density at radius 3 is 2.53 bits per heavy atom. The summed E-state index contributed by atoms with van der Waals surface area (Å²) in [5, 5.41) is 9.35. The van der Waals surface area contributed by atoms with Crippen LogP contribution >= 0.6 is 0 Å². The van der Waals surface area contributed by atoms with E-state index in [9.17, 15) is 14.7 Å². The van der Waals surface area contributed by atoms with Crippen LogP contribution in [0.25, 0.3) is 0 Å². The van der Waals surface area contributed by atoms with Crippen molar-refractivity contribution in [2.75, 3.05) is 19.8 Å². The normalized spacial score (nSPS) is 29.2. The lowest BCUT2D eigenvalue weighted by Crippen LogP contribution is -2.52. The second kappa shape index (κ2) is 6.37. The van der Waals surface area contributed by atoms with Gasteiger partial charge in [0.05, 0.1) is 0 Å². The molecular weight excluding hydrogens is 246 g/mol. The zero-order valence-electron chi connectivity index (χ0n) is 11.5. The number of hydrogen-bond donors (Lipinski definition) is 1. The van der Waals surface area contributed by atoms with Gasteiger partial charge in [-0.2, -0.15) is 0 Å². The molecule has 0 saturated carbocycles. The lowest BCUT2D eigenvalue weighted by molar-refractivity contribution is -0.156. The summed E-state index contributed by atoms with van der Waals surface area (Å²) in [6, 6.07) is -0.631. The SMILES string of the molecule is CCC1CCN(C(=O)C2CCOCC2)C(C(=O)O)C1. The predicted molar refractivity (Wildman–Crippen MR) is 69.7 cm³/mol. The highest BCUT2D eigenvalue weighted by atomic mass is 16.5. The first-order valence-electron chi connectivity index (χ1n) is 7.24. The van der Waals surface area contributed by atoms with E-state index in [1.165, 1.54) is 0 Å². The summed E-state index contributed by atoms with van der Waals surface area (Å²) in [6.45, 7) is 3.89. The van der Waals surface area contributed by atoms with Crippen molar-refractivity contribution in [3.63, 3.8) is 0 Å². The fraction of sp³-hybridized carbons (Fsp3) is 0.857. The highest BCUT2D eigenvalue weighted by Gasteiger charge is 2.38. The Hall–Kier alpha value is -1.10. The molecular formula is C14H23NO4. The van der Waals surface area contributed by atoms with Crippen LogP contribution in [0.4, 0.5) is 0 Å². The second-order valence-corrected chi connectivity index (χ2v) is 5.57. The van der Waals surface area contributed by atoms with Crippen LogP contribution in [0.5, 0.6) is 0 Å². The number of carboxylic acid groups (broad SMARTS) is 1. The van der Waals surface area contributed by atoms with Gasteiger partial charge in [0.15, 0.2) is 0 Å².